The molecule has 5 nitrogen and oxygen atoms in total. The van der Waals surface area contributed by atoms with E-state index < -0.39 is 0 Å². The van der Waals surface area contributed by atoms with Gasteiger partial charge in [0.15, 0.2) is 5.13 Å². The molecule has 2 aromatic rings. The Hall–Kier alpha value is -2.21. The van der Waals surface area contributed by atoms with Crippen molar-refractivity contribution in [3.8, 4) is 0 Å². The SMILES string of the molecule is CCc1ccccc1N1CC(C(=O)Nc2nc(C)c(C)s2)CC1=O. The number of thiazole rings is 1. The monoisotopic (exact) mass is 343 g/mol. The van der Waals surface area contributed by atoms with Crippen LogP contribution >= 0.6 is 11.3 Å². The van der Waals surface area contributed by atoms with Gasteiger partial charge in [0.1, 0.15) is 0 Å². The fraction of sp³-hybridized carbons (Fsp3) is 0.389. The van der Waals surface area contributed by atoms with Crippen LogP contribution in [0.25, 0.3) is 0 Å². The second kappa shape index (κ2) is 6.73. The molecule has 3 rings (SSSR count). The zero-order chi connectivity index (χ0) is 17.3. The van der Waals surface area contributed by atoms with E-state index in [0.29, 0.717) is 11.7 Å². The molecular formula is C18H21N3O2S. The van der Waals surface area contributed by atoms with Crippen LogP contribution in [-0.4, -0.2) is 23.3 Å². The lowest BCUT2D eigenvalue weighted by molar-refractivity contribution is -0.122. The molecule has 2 heterocycles. The molecule has 0 bridgehead atoms. The third-order valence-electron chi connectivity index (χ3n) is 4.42. The molecule has 24 heavy (non-hydrogen) atoms. The molecule has 1 unspecified atom stereocenters. The van der Waals surface area contributed by atoms with Crippen molar-refractivity contribution in [1.82, 2.24) is 4.98 Å². The maximum atomic E-state index is 12.5. The van der Waals surface area contributed by atoms with Gasteiger partial charge in [-0.2, -0.15) is 0 Å². The first kappa shape index (κ1) is 16.6. The molecule has 1 saturated heterocycles. The highest BCUT2D eigenvalue weighted by Gasteiger charge is 2.36. The summed E-state index contributed by atoms with van der Waals surface area (Å²) in [6, 6.07) is 7.87. The van der Waals surface area contributed by atoms with Crippen molar-refractivity contribution in [3.05, 3.63) is 40.4 Å². The van der Waals surface area contributed by atoms with Crippen LogP contribution in [0.15, 0.2) is 24.3 Å². The second-order valence-electron chi connectivity index (χ2n) is 6.04. The fourth-order valence-electron chi connectivity index (χ4n) is 2.92. The van der Waals surface area contributed by atoms with E-state index in [-0.39, 0.29) is 24.2 Å². The number of carbonyl (C=O) groups excluding carboxylic acids is 2. The Kier molecular flexibility index (Phi) is 4.66. The predicted molar refractivity (Wildman–Crippen MR) is 96.5 cm³/mol. The summed E-state index contributed by atoms with van der Waals surface area (Å²) in [5.74, 6) is -0.469. The highest BCUT2D eigenvalue weighted by Crippen LogP contribution is 2.29. The molecule has 0 aliphatic carbocycles. The number of rotatable bonds is 4. The van der Waals surface area contributed by atoms with Crippen LogP contribution in [-0.2, 0) is 16.0 Å². The number of aryl methyl sites for hydroxylation is 3. The Morgan fingerprint density at radius 1 is 1.38 bits per heavy atom. The van der Waals surface area contributed by atoms with Gasteiger partial charge in [-0.05, 0) is 31.9 Å². The number of hydrogen-bond donors (Lipinski definition) is 1. The minimum absolute atomic E-state index is 0.00236. The minimum atomic E-state index is -0.341. The van der Waals surface area contributed by atoms with Crippen molar-refractivity contribution in [2.45, 2.75) is 33.6 Å². The summed E-state index contributed by atoms with van der Waals surface area (Å²) in [6.07, 6.45) is 1.10. The molecule has 0 spiro atoms. The number of nitrogens with zero attached hydrogens (tertiary/aromatic N) is 2. The first-order valence-corrected chi connectivity index (χ1v) is 8.94. The van der Waals surface area contributed by atoms with E-state index in [1.807, 2.05) is 38.1 Å². The van der Waals surface area contributed by atoms with Crippen molar-refractivity contribution in [3.63, 3.8) is 0 Å². The molecule has 1 aliphatic heterocycles. The van der Waals surface area contributed by atoms with Gasteiger partial charge in [0, 0.05) is 23.5 Å². The van der Waals surface area contributed by atoms with Gasteiger partial charge in [0.25, 0.3) is 0 Å². The molecule has 0 saturated carbocycles. The van der Waals surface area contributed by atoms with Crippen molar-refractivity contribution < 1.29 is 9.59 Å². The fourth-order valence-corrected chi connectivity index (χ4v) is 3.74. The molecule has 2 amide bonds. The average Bonchev–Trinajstić information content (AvgIpc) is 3.10. The van der Waals surface area contributed by atoms with E-state index in [1.165, 1.54) is 11.3 Å². The Balaban J connectivity index is 1.73. The third kappa shape index (κ3) is 3.19. The summed E-state index contributed by atoms with van der Waals surface area (Å²) >= 11 is 1.46. The molecule has 1 atom stereocenters. The average molecular weight is 343 g/mol. The summed E-state index contributed by atoms with van der Waals surface area (Å²) < 4.78 is 0. The van der Waals surface area contributed by atoms with Gasteiger partial charge < -0.3 is 10.2 Å². The smallest absolute Gasteiger partial charge is 0.231 e. The molecule has 1 fully saturated rings. The van der Waals surface area contributed by atoms with Gasteiger partial charge in [-0.15, -0.1) is 11.3 Å². The van der Waals surface area contributed by atoms with E-state index in [2.05, 4.69) is 17.2 Å². The molecule has 126 valence electrons. The van der Waals surface area contributed by atoms with Crippen molar-refractivity contribution in [2.75, 3.05) is 16.8 Å². The maximum absolute atomic E-state index is 12.5. The zero-order valence-corrected chi connectivity index (χ0v) is 14.9. The van der Waals surface area contributed by atoms with E-state index in [9.17, 15) is 9.59 Å². The van der Waals surface area contributed by atoms with Crippen LogP contribution in [0.5, 0.6) is 0 Å². The standard InChI is InChI=1S/C18H21N3O2S/c1-4-13-7-5-6-8-15(13)21-10-14(9-16(21)22)17(23)20-18-19-11(2)12(3)24-18/h5-8,14H,4,9-10H2,1-3H3,(H,19,20,23). The van der Waals surface area contributed by atoms with Crippen LogP contribution in [0.1, 0.15) is 29.5 Å². The van der Waals surface area contributed by atoms with Crippen LogP contribution < -0.4 is 10.2 Å². The number of nitrogens with one attached hydrogen (secondary N) is 1. The molecule has 1 N–H and O–H groups in total. The van der Waals surface area contributed by atoms with E-state index in [1.54, 1.807) is 4.90 Å². The second-order valence-corrected chi connectivity index (χ2v) is 7.24. The van der Waals surface area contributed by atoms with Crippen molar-refractivity contribution in [2.24, 2.45) is 5.92 Å². The van der Waals surface area contributed by atoms with Gasteiger partial charge in [-0.1, -0.05) is 25.1 Å². The van der Waals surface area contributed by atoms with Crippen LogP contribution in [0, 0.1) is 19.8 Å². The first-order valence-electron chi connectivity index (χ1n) is 8.12. The summed E-state index contributed by atoms with van der Waals surface area (Å²) in [5, 5.41) is 3.46. The number of carbonyl (C=O) groups is 2. The number of hydrogen-bond acceptors (Lipinski definition) is 4. The van der Waals surface area contributed by atoms with Gasteiger partial charge in [-0.25, -0.2) is 4.98 Å². The largest absolute Gasteiger partial charge is 0.311 e. The molecule has 6 heteroatoms. The topological polar surface area (TPSA) is 62.3 Å². The first-order chi connectivity index (χ1) is 11.5. The highest BCUT2D eigenvalue weighted by molar-refractivity contribution is 7.15. The third-order valence-corrected chi connectivity index (χ3v) is 5.41. The van der Waals surface area contributed by atoms with Crippen molar-refractivity contribution >= 4 is 34.0 Å². The Morgan fingerprint density at radius 2 is 2.12 bits per heavy atom. The highest BCUT2D eigenvalue weighted by atomic mass is 32.1. The van der Waals surface area contributed by atoms with Gasteiger partial charge in [0.2, 0.25) is 11.8 Å². The lowest BCUT2D eigenvalue weighted by Crippen LogP contribution is -2.28. The quantitative estimate of drug-likeness (QED) is 0.926. The molecule has 1 aromatic carbocycles. The summed E-state index contributed by atoms with van der Waals surface area (Å²) in [7, 11) is 0. The zero-order valence-electron chi connectivity index (χ0n) is 14.1. The molecule has 1 aromatic heterocycles. The lowest BCUT2D eigenvalue weighted by Gasteiger charge is -2.19. The Labute approximate surface area is 145 Å². The summed E-state index contributed by atoms with van der Waals surface area (Å²) in [6.45, 7) is 6.39. The number of amides is 2. The predicted octanol–water partition coefficient (Wildman–Crippen LogP) is 3.31. The molecule has 1 aliphatic rings. The summed E-state index contributed by atoms with van der Waals surface area (Å²) in [5.41, 5.74) is 2.97. The minimum Gasteiger partial charge on any atom is -0.311 e. The number of para-hydroxylation sites is 1. The Bertz CT molecular complexity index is 765. The van der Waals surface area contributed by atoms with Crippen LogP contribution in [0.3, 0.4) is 0 Å². The van der Waals surface area contributed by atoms with Crippen LogP contribution in [0.4, 0.5) is 10.8 Å². The molecular weight excluding hydrogens is 322 g/mol. The lowest BCUT2D eigenvalue weighted by atomic mass is 10.1. The van der Waals surface area contributed by atoms with Gasteiger partial charge in [-0.3, -0.25) is 9.59 Å². The van der Waals surface area contributed by atoms with E-state index in [4.69, 9.17) is 0 Å². The Morgan fingerprint density at radius 3 is 2.79 bits per heavy atom. The number of aromatic nitrogens is 1. The molecule has 0 radical (unpaired) electrons. The van der Waals surface area contributed by atoms with E-state index in [0.717, 1.165) is 28.2 Å². The van der Waals surface area contributed by atoms with Gasteiger partial charge in [0.05, 0.1) is 11.6 Å². The normalized spacial score (nSPS) is 17.4. The van der Waals surface area contributed by atoms with Crippen LogP contribution in [0.2, 0.25) is 0 Å². The maximum Gasteiger partial charge on any atom is 0.231 e. The van der Waals surface area contributed by atoms with Crippen molar-refractivity contribution in [1.29, 1.82) is 0 Å². The van der Waals surface area contributed by atoms with E-state index >= 15 is 0 Å². The number of benzene rings is 1. The number of anilines is 2. The van der Waals surface area contributed by atoms with Gasteiger partial charge >= 0.3 is 0 Å². The summed E-state index contributed by atoms with van der Waals surface area (Å²) in [4.78, 5) is 32.1.